The molecular formula is C7H6NO. The fourth-order valence-corrected chi connectivity index (χ4v) is 0.881. The van der Waals surface area contributed by atoms with Gasteiger partial charge in [0.1, 0.15) is 6.61 Å². The molecular weight excluding hydrogens is 114 g/mol. The van der Waals surface area contributed by atoms with E-state index in [0.29, 0.717) is 6.61 Å². The Kier molecular flexibility index (Phi) is 0.859. The molecule has 0 unspecified atom stereocenters. The maximum absolute atomic E-state index is 5.02. The van der Waals surface area contributed by atoms with Gasteiger partial charge in [-0.25, -0.2) is 0 Å². The van der Waals surface area contributed by atoms with Crippen LogP contribution in [-0.4, -0.2) is 4.98 Å². The molecule has 1 aliphatic rings. The average molecular weight is 120 g/mol. The first-order valence-electron chi connectivity index (χ1n) is 2.83. The number of nitrogens with one attached hydrogen (secondary N) is 1. The Morgan fingerprint density at radius 2 is 2.67 bits per heavy atom. The number of hydrogen-bond donors (Lipinski definition) is 1. The summed E-state index contributed by atoms with van der Waals surface area (Å²) in [5, 5.41) is 0. The van der Waals surface area contributed by atoms with Gasteiger partial charge in [-0.05, 0) is 12.1 Å². The Morgan fingerprint density at radius 3 is 3.56 bits per heavy atom. The Morgan fingerprint density at radius 1 is 1.67 bits per heavy atom. The number of rotatable bonds is 0. The maximum atomic E-state index is 5.02. The first kappa shape index (κ1) is 4.68. The van der Waals surface area contributed by atoms with E-state index in [0.717, 1.165) is 5.69 Å². The Balaban J connectivity index is 2.53. The molecule has 0 saturated heterocycles. The molecule has 0 saturated carbocycles. The number of aromatic nitrogens is 1. The van der Waals surface area contributed by atoms with Gasteiger partial charge in [-0.2, -0.15) is 0 Å². The molecule has 1 radical (unpaired) electrons. The molecule has 1 N–H and O–H groups in total. The minimum Gasteiger partial charge on any atom is -0.495 e. The van der Waals surface area contributed by atoms with E-state index in [1.807, 2.05) is 12.1 Å². The molecule has 0 aliphatic carbocycles. The fraction of sp³-hybridized carbons (Fsp3) is 0.143. The molecule has 45 valence electrons. The van der Waals surface area contributed by atoms with E-state index >= 15 is 0 Å². The molecule has 0 aromatic carbocycles. The van der Waals surface area contributed by atoms with Crippen molar-refractivity contribution in [2.75, 3.05) is 0 Å². The molecule has 2 heteroatoms. The molecule has 0 spiro atoms. The quantitative estimate of drug-likeness (QED) is 0.548. The van der Waals surface area contributed by atoms with Crippen LogP contribution < -0.4 is 0 Å². The van der Waals surface area contributed by atoms with Crippen molar-refractivity contribution < 1.29 is 4.74 Å². The van der Waals surface area contributed by atoms with Crippen molar-refractivity contribution in [3.05, 3.63) is 29.8 Å². The van der Waals surface area contributed by atoms with E-state index < -0.39 is 0 Å². The van der Waals surface area contributed by atoms with Crippen LogP contribution in [0.5, 0.6) is 0 Å². The first-order chi connectivity index (χ1) is 4.47. The minimum atomic E-state index is 0.648. The topological polar surface area (TPSA) is 25.0 Å². The molecule has 2 nitrogen and oxygen atoms in total. The largest absolute Gasteiger partial charge is 0.495 e. The summed E-state index contributed by atoms with van der Waals surface area (Å²) in [7, 11) is 0. The van der Waals surface area contributed by atoms with Gasteiger partial charge in [0.2, 0.25) is 0 Å². The SMILES string of the molecule is [c]1cc2c([nH]1)COC=C2. The maximum Gasteiger partial charge on any atom is 0.128 e. The summed E-state index contributed by atoms with van der Waals surface area (Å²) in [4.78, 5) is 2.96. The smallest absolute Gasteiger partial charge is 0.128 e. The Hall–Kier alpha value is -1.18. The molecule has 0 bridgehead atoms. The van der Waals surface area contributed by atoms with Crippen LogP contribution in [0.25, 0.3) is 6.08 Å². The third kappa shape index (κ3) is 0.633. The van der Waals surface area contributed by atoms with Gasteiger partial charge in [-0.3, -0.25) is 0 Å². The zero-order valence-electron chi connectivity index (χ0n) is 4.85. The molecule has 1 aromatic heterocycles. The first-order valence-corrected chi connectivity index (χ1v) is 2.83. The highest BCUT2D eigenvalue weighted by Crippen LogP contribution is 2.13. The predicted molar refractivity (Wildman–Crippen MR) is 33.5 cm³/mol. The van der Waals surface area contributed by atoms with Crippen LogP contribution in [0.2, 0.25) is 0 Å². The second-order valence-corrected chi connectivity index (χ2v) is 1.96. The number of fused-ring (bicyclic) bond motifs is 1. The highest BCUT2D eigenvalue weighted by molar-refractivity contribution is 5.52. The summed E-state index contributed by atoms with van der Waals surface area (Å²) in [5.74, 6) is 0. The fourth-order valence-electron chi connectivity index (χ4n) is 0.881. The monoisotopic (exact) mass is 120 g/mol. The summed E-state index contributed by atoms with van der Waals surface area (Å²) in [6.45, 7) is 0.648. The normalized spacial score (nSPS) is 14.7. The van der Waals surface area contributed by atoms with Gasteiger partial charge in [0.25, 0.3) is 0 Å². The van der Waals surface area contributed by atoms with Crippen molar-refractivity contribution in [3.63, 3.8) is 0 Å². The second-order valence-electron chi connectivity index (χ2n) is 1.96. The second kappa shape index (κ2) is 1.65. The van der Waals surface area contributed by atoms with E-state index in [9.17, 15) is 0 Å². The molecule has 2 rings (SSSR count). The molecule has 0 amide bonds. The summed E-state index contributed by atoms with van der Waals surface area (Å²) >= 11 is 0. The van der Waals surface area contributed by atoms with Gasteiger partial charge in [-0.1, -0.05) is 0 Å². The van der Waals surface area contributed by atoms with Crippen LogP contribution in [0.15, 0.2) is 12.3 Å². The summed E-state index contributed by atoms with van der Waals surface area (Å²) in [5.41, 5.74) is 2.29. The van der Waals surface area contributed by atoms with Gasteiger partial charge in [0, 0.05) is 5.56 Å². The van der Waals surface area contributed by atoms with Crippen LogP contribution in [0.4, 0.5) is 0 Å². The van der Waals surface area contributed by atoms with Crippen LogP contribution in [0, 0.1) is 6.20 Å². The van der Waals surface area contributed by atoms with Crippen molar-refractivity contribution >= 4 is 6.08 Å². The summed E-state index contributed by atoms with van der Waals surface area (Å²) < 4.78 is 5.02. The zero-order chi connectivity index (χ0) is 6.10. The lowest BCUT2D eigenvalue weighted by Crippen LogP contribution is -1.93. The summed E-state index contributed by atoms with van der Waals surface area (Å²) in [6.07, 6.45) is 6.50. The van der Waals surface area contributed by atoms with Crippen molar-refractivity contribution in [3.8, 4) is 0 Å². The number of H-pyrrole nitrogens is 1. The van der Waals surface area contributed by atoms with Crippen LogP contribution >= 0.6 is 0 Å². The third-order valence-corrected chi connectivity index (χ3v) is 1.37. The Labute approximate surface area is 53.2 Å². The summed E-state index contributed by atoms with van der Waals surface area (Å²) in [6, 6.07) is 1.91. The van der Waals surface area contributed by atoms with E-state index in [-0.39, 0.29) is 0 Å². The standard InChI is InChI=1S/C7H6NO/c1-3-8-7-5-9-4-2-6(1)7/h1-2,4,8H,5H2. The van der Waals surface area contributed by atoms with Crippen molar-refractivity contribution in [1.29, 1.82) is 0 Å². The van der Waals surface area contributed by atoms with E-state index in [1.165, 1.54) is 5.56 Å². The molecule has 2 heterocycles. The zero-order valence-corrected chi connectivity index (χ0v) is 4.85. The molecule has 1 aromatic rings. The lowest BCUT2D eigenvalue weighted by atomic mass is 10.2. The third-order valence-electron chi connectivity index (χ3n) is 1.37. The lowest BCUT2D eigenvalue weighted by Gasteiger charge is -2.04. The van der Waals surface area contributed by atoms with Gasteiger partial charge < -0.3 is 9.72 Å². The van der Waals surface area contributed by atoms with Crippen LogP contribution in [0.3, 0.4) is 0 Å². The van der Waals surface area contributed by atoms with E-state index in [2.05, 4.69) is 11.2 Å². The van der Waals surface area contributed by atoms with Gasteiger partial charge in [-0.15, -0.1) is 0 Å². The van der Waals surface area contributed by atoms with Crippen molar-refractivity contribution in [2.45, 2.75) is 6.61 Å². The predicted octanol–water partition coefficient (Wildman–Crippen LogP) is 1.32. The highest BCUT2D eigenvalue weighted by atomic mass is 16.5. The number of hydrogen-bond acceptors (Lipinski definition) is 1. The van der Waals surface area contributed by atoms with Gasteiger partial charge in [0.05, 0.1) is 18.2 Å². The van der Waals surface area contributed by atoms with E-state index in [1.54, 1.807) is 6.26 Å². The molecule has 9 heavy (non-hydrogen) atoms. The molecule has 1 aliphatic heterocycles. The highest BCUT2D eigenvalue weighted by Gasteiger charge is 2.03. The lowest BCUT2D eigenvalue weighted by molar-refractivity contribution is 0.231. The number of ether oxygens (including phenoxy) is 1. The van der Waals surface area contributed by atoms with Crippen LogP contribution in [-0.2, 0) is 11.3 Å². The van der Waals surface area contributed by atoms with E-state index in [4.69, 9.17) is 4.74 Å². The number of aromatic amines is 1. The average Bonchev–Trinajstić information content (AvgIpc) is 2.33. The molecule has 0 atom stereocenters. The van der Waals surface area contributed by atoms with Gasteiger partial charge >= 0.3 is 0 Å². The van der Waals surface area contributed by atoms with Crippen LogP contribution in [0.1, 0.15) is 11.3 Å². The van der Waals surface area contributed by atoms with Crippen molar-refractivity contribution in [2.24, 2.45) is 0 Å². The van der Waals surface area contributed by atoms with Gasteiger partial charge in [0.15, 0.2) is 0 Å². The minimum absolute atomic E-state index is 0.648. The van der Waals surface area contributed by atoms with Crippen molar-refractivity contribution in [1.82, 2.24) is 4.98 Å². The Bertz CT molecular complexity index is 237. The molecule has 0 fully saturated rings.